The molecule has 0 aliphatic carbocycles. The fraction of sp³-hybridized carbons (Fsp3) is 0.400. The van der Waals surface area contributed by atoms with Crippen molar-refractivity contribution in [2.75, 3.05) is 32.7 Å². The first-order valence-corrected chi connectivity index (χ1v) is 9.13. The standard InChI is InChI=1S/C20H25N5O/c1-15-20(16-5-3-4-6-17(16)22-15)18(26)13-24-9-11-25(12-10-24)14-19-21-7-8-23(19)2/h3-8,22H,9-14H2,1-2H3. The number of aromatic nitrogens is 3. The van der Waals surface area contributed by atoms with Crippen LogP contribution in [0.3, 0.4) is 0 Å². The highest BCUT2D eigenvalue weighted by atomic mass is 16.1. The molecule has 0 unspecified atom stereocenters. The minimum Gasteiger partial charge on any atom is -0.358 e. The number of piperazine rings is 1. The molecule has 1 fully saturated rings. The van der Waals surface area contributed by atoms with E-state index in [-0.39, 0.29) is 5.78 Å². The lowest BCUT2D eigenvalue weighted by Crippen LogP contribution is -2.47. The molecule has 4 rings (SSSR count). The molecular formula is C20H25N5O. The fourth-order valence-corrected chi connectivity index (χ4v) is 3.77. The fourth-order valence-electron chi connectivity index (χ4n) is 3.77. The highest BCUT2D eigenvalue weighted by molar-refractivity contribution is 6.10. The number of rotatable bonds is 5. The molecule has 1 aliphatic rings. The van der Waals surface area contributed by atoms with Crippen LogP contribution in [0.5, 0.6) is 0 Å². The van der Waals surface area contributed by atoms with E-state index in [0.29, 0.717) is 6.54 Å². The summed E-state index contributed by atoms with van der Waals surface area (Å²) in [5.74, 6) is 1.29. The molecule has 1 N–H and O–H groups in total. The Balaban J connectivity index is 1.37. The number of hydrogen-bond acceptors (Lipinski definition) is 4. The van der Waals surface area contributed by atoms with E-state index >= 15 is 0 Å². The molecule has 6 heteroatoms. The first-order valence-electron chi connectivity index (χ1n) is 9.13. The van der Waals surface area contributed by atoms with Crippen LogP contribution >= 0.6 is 0 Å². The third-order valence-electron chi connectivity index (χ3n) is 5.29. The molecule has 0 saturated carbocycles. The predicted molar refractivity (Wildman–Crippen MR) is 102 cm³/mol. The summed E-state index contributed by atoms with van der Waals surface area (Å²) in [5.41, 5.74) is 2.84. The Morgan fingerprint density at radius 1 is 1.15 bits per heavy atom. The highest BCUT2D eigenvalue weighted by Crippen LogP contribution is 2.22. The van der Waals surface area contributed by atoms with Gasteiger partial charge in [-0.1, -0.05) is 18.2 Å². The number of H-pyrrole nitrogens is 1. The number of nitrogens with one attached hydrogen (secondary N) is 1. The number of ketones is 1. The largest absolute Gasteiger partial charge is 0.358 e. The maximum absolute atomic E-state index is 12.9. The second-order valence-electron chi connectivity index (χ2n) is 7.10. The van der Waals surface area contributed by atoms with Gasteiger partial charge in [-0.2, -0.15) is 0 Å². The number of carbonyl (C=O) groups is 1. The second-order valence-corrected chi connectivity index (χ2v) is 7.10. The van der Waals surface area contributed by atoms with Crippen LogP contribution in [0.1, 0.15) is 21.9 Å². The number of aromatic amines is 1. The normalized spacial score (nSPS) is 16.4. The second kappa shape index (κ2) is 7.05. The van der Waals surface area contributed by atoms with Gasteiger partial charge < -0.3 is 9.55 Å². The first kappa shape index (κ1) is 17.0. The number of fused-ring (bicyclic) bond motifs is 1. The molecule has 1 aliphatic heterocycles. The van der Waals surface area contributed by atoms with Crippen molar-refractivity contribution >= 4 is 16.7 Å². The number of para-hydroxylation sites is 1. The summed E-state index contributed by atoms with van der Waals surface area (Å²) in [7, 11) is 2.03. The molecule has 3 aromatic rings. The number of Topliss-reactive ketones (excluding diaryl/α,β-unsaturated/α-hetero) is 1. The van der Waals surface area contributed by atoms with Gasteiger partial charge >= 0.3 is 0 Å². The Bertz CT molecular complexity index is 917. The third kappa shape index (κ3) is 3.30. The number of benzene rings is 1. The van der Waals surface area contributed by atoms with E-state index in [1.165, 1.54) is 0 Å². The molecule has 2 aromatic heterocycles. The van der Waals surface area contributed by atoms with Crippen molar-refractivity contribution in [1.82, 2.24) is 24.3 Å². The molecular weight excluding hydrogens is 326 g/mol. The average Bonchev–Trinajstić information content (AvgIpc) is 3.18. The van der Waals surface area contributed by atoms with Crippen LogP contribution in [0.25, 0.3) is 10.9 Å². The van der Waals surface area contributed by atoms with Crippen LogP contribution in [0, 0.1) is 6.92 Å². The van der Waals surface area contributed by atoms with Crippen LogP contribution in [0.4, 0.5) is 0 Å². The van der Waals surface area contributed by atoms with E-state index in [9.17, 15) is 4.79 Å². The first-order chi connectivity index (χ1) is 12.6. The lowest BCUT2D eigenvalue weighted by atomic mass is 10.1. The minimum absolute atomic E-state index is 0.206. The molecule has 0 bridgehead atoms. The number of nitrogens with zero attached hydrogens (tertiary/aromatic N) is 4. The summed E-state index contributed by atoms with van der Waals surface area (Å²) in [6.07, 6.45) is 3.82. The predicted octanol–water partition coefficient (Wildman–Crippen LogP) is 2.21. The minimum atomic E-state index is 0.206. The molecule has 1 aromatic carbocycles. The molecule has 0 radical (unpaired) electrons. The molecule has 3 heterocycles. The lowest BCUT2D eigenvalue weighted by Gasteiger charge is -2.34. The van der Waals surface area contributed by atoms with Crippen molar-refractivity contribution in [3.8, 4) is 0 Å². The van der Waals surface area contributed by atoms with E-state index in [2.05, 4.69) is 24.3 Å². The maximum atomic E-state index is 12.9. The van der Waals surface area contributed by atoms with E-state index in [4.69, 9.17) is 0 Å². The number of imidazole rings is 1. The van der Waals surface area contributed by atoms with Crippen molar-refractivity contribution < 1.29 is 4.79 Å². The van der Waals surface area contributed by atoms with E-state index in [0.717, 1.165) is 60.7 Å². The Kier molecular flexibility index (Phi) is 4.61. The van der Waals surface area contributed by atoms with Crippen molar-refractivity contribution in [2.45, 2.75) is 13.5 Å². The van der Waals surface area contributed by atoms with Gasteiger partial charge in [-0.25, -0.2) is 4.98 Å². The number of carbonyl (C=O) groups excluding carboxylic acids is 1. The SMILES string of the molecule is Cc1[nH]c2ccccc2c1C(=O)CN1CCN(Cc2nccn2C)CC1. The van der Waals surface area contributed by atoms with Gasteiger partial charge in [0, 0.05) is 67.8 Å². The van der Waals surface area contributed by atoms with Gasteiger partial charge in [0.15, 0.2) is 5.78 Å². The number of hydrogen-bond donors (Lipinski definition) is 1. The zero-order valence-corrected chi connectivity index (χ0v) is 15.4. The summed E-state index contributed by atoms with van der Waals surface area (Å²) < 4.78 is 2.07. The van der Waals surface area contributed by atoms with Crippen LogP contribution in [-0.4, -0.2) is 62.8 Å². The summed E-state index contributed by atoms with van der Waals surface area (Å²) in [6, 6.07) is 8.03. The Hall–Kier alpha value is -2.44. The smallest absolute Gasteiger partial charge is 0.179 e. The van der Waals surface area contributed by atoms with E-state index in [1.807, 2.05) is 50.6 Å². The van der Waals surface area contributed by atoms with Crippen LogP contribution in [0.2, 0.25) is 0 Å². The van der Waals surface area contributed by atoms with Gasteiger partial charge in [0.1, 0.15) is 5.82 Å². The van der Waals surface area contributed by atoms with Gasteiger partial charge in [-0.3, -0.25) is 14.6 Å². The van der Waals surface area contributed by atoms with E-state index in [1.54, 1.807) is 0 Å². The van der Waals surface area contributed by atoms with Crippen molar-refractivity contribution in [2.24, 2.45) is 7.05 Å². The Morgan fingerprint density at radius 3 is 2.62 bits per heavy atom. The third-order valence-corrected chi connectivity index (χ3v) is 5.29. The van der Waals surface area contributed by atoms with Crippen LogP contribution in [-0.2, 0) is 13.6 Å². The summed E-state index contributed by atoms with van der Waals surface area (Å²) in [4.78, 5) is 25.3. The van der Waals surface area contributed by atoms with Gasteiger partial charge in [0.25, 0.3) is 0 Å². The molecule has 136 valence electrons. The Labute approximate surface area is 153 Å². The summed E-state index contributed by atoms with van der Waals surface area (Å²) in [6.45, 7) is 7.10. The lowest BCUT2D eigenvalue weighted by molar-refractivity contribution is 0.0840. The van der Waals surface area contributed by atoms with Gasteiger partial charge in [-0.15, -0.1) is 0 Å². The molecule has 6 nitrogen and oxygen atoms in total. The zero-order valence-electron chi connectivity index (χ0n) is 15.4. The van der Waals surface area contributed by atoms with Crippen molar-refractivity contribution in [1.29, 1.82) is 0 Å². The van der Waals surface area contributed by atoms with Gasteiger partial charge in [0.2, 0.25) is 0 Å². The van der Waals surface area contributed by atoms with Gasteiger partial charge in [0.05, 0.1) is 13.1 Å². The van der Waals surface area contributed by atoms with Crippen LogP contribution in [0.15, 0.2) is 36.7 Å². The van der Waals surface area contributed by atoms with Crippen molar-refractivity contribution in [3.05, 3.63) is 53.7 Å². The van der Waals surface area contributed by atoms with Crippen LogP contribution < -0.4 is 0 Å². The monoisotopic (exact) mass is 351 g/mol. The summed E-state index contributed by atoms with van der Waals surface area (Å²) in [5, 5.41) is 1.03. The molecule has 26 heavy (non-hydrogen) atoms. The molecule has 0 amide bonds. The van der Waals surface area contributed by atoms with Crippen molar-refractivity contribution in [3.63, 3.8) is 0 Å². The topological polar surface area (TPSA) is 57.2 Å². The maximum Gasteiger partial charge on any atom is 0.179 e. The number of aryl methyl sites for hydroxylation is 2. The average molecular weight is 351 g/mol. The molecule has 1 saturated heterocycles. The zero-order chi connectivity index (χ0) is 18.1. The van der Waals surface area contributed by atoms with E-state index < -0.39 is 0 Å². The molecule has 0 spiro atoms. The highest BCUT2D eigenvalue weighted by Gasteiger charge is 2.22. The summed E-state index contributed by atoms with van der Waals surface area (Å²) >= 11 is 0. The van der Waals surface area contributed by atoms with Gasteiger partial charge in [-0.05, 0) is 13.0 Å². The quantitative estimate of drug-likeness (QED) is 0.716. The molecule has 0 atom stereocenters. The Morgan fingerprint density at radius 2 is 1.88 bits per heavy atom.